The van der Waals surface area contributed by atoms with Crippen LogP contribution in [0.3, 0.4) is 0 Å². The predicted molar refractivity (Wildman–Crippen MR) is 232 cm³/mol. The average Bonchev–Trinajstić information content (AvgIpc) is 4.01. The molecule has 6 aromatic carbocycles. The smallest absolute Gasteiger partial charge is 0.201 e. The number of rotatable bonds is 4. The summed E-state index contributed by atoms with van der Waals surface area (Å²) in [5.74, 6) is 1.04. The van der Waals surface area contributed by atoms with Crippen LogP contribution in [0.1, 0.15) is 47.4 Å². The Morgan fingerprint density at radius 3 is 2.26 bits per heavy atom. The second-order valence-electron chi connectivity index (χ2n) is 15.7. The van der Waals surface area contributed by atoms with E-state index in [0.29, 0.717) is 0 Å². The number of nitrogens with zero attached hydrogens (tertiary/aromatic N) is 3. The number of aromatic nitrogens is 2. The third-order valence-corrected chi connectivity index (χ3v) is 12.7. The summed E-state index contributed by atoms with van der Waals surface area (Å²) in [7, 11) is 0. The van der Waals surface area contributed by atoms with Crippen LogP contribution >= 0.6 is 0 Å². The van der Waals surface area contributed by atoms with E-state index in [1.54, 1.807) is 0 Å². The van der Waals surface area contributed by atoms with Gasteiger partial charge in [0.2, 0.25) is 6.29 Å². The lowest BCUT2D eigenvalue weighted by Crippen LogP contribution is -2.44. The molecule has 13 rings (SSSR count). The van der Waals surface area contributed by atoms with Crippen LogP contribution in [0, 0.1) is 0 Å². The minimum absolute atomic E-state index is 0.0449. The Bertz CT molecular complexity index is 3360. The minimum Gasteiger partial charge on any atom is -0.484 e. The van der Waals surface area contributed by atoms with Gasteiger partial charge in [-0.15, -0.1) is 0 Å². The van der Waals surface area contributed by atoms with Crippen molar-refractivity contribution in [2.75, 3.05) is 0 Å². The van der Waals surface area contributed by atoms with E-state index in [9.17, 15) is 0 Å². The maximum Gasteiger partial charge on any atom is 0.201 e. The summed E-state index contributed by atoms with van der Waals surface area (Å²) in [5.41, 5.74) is 13.3. The van der Waals surface area contributed by atoms with Crippen LogP contribution in [0.4, 0.5) is 0 Å². The summed E-state index contributed by atoms with van der Waals surface area (Å²) in [6.07, 6.45) is 15.1. The second-order valence-corrected chi connectivity index (χ2v) is 15.7. The van der Waals surface area contributed by atoms with Crippen molar-refractivity contribution >= 4 is 66.1 Å². The van der Waals surface area contributed by atoms with E-state index in [1.165, 1.54) is 65.9 Å². The molecule has 0 saturated carbocycles. The van der Waals surface area contributed by atoms with Crippen LogP contribution in [0.15, 0.2) is 180 Å². The molecule has 57 heavy (non-hydrogen) atoms. The van der Waals surface area contributed by atoms with Crippen LogP contribution in [-0.4, -0.2) is 15.2 Å². The highest BCUT2D eigenvalue weighted by molar-refractivity contribution is 6.18. The molecule has 0 amide bonds. The molecule has 5 nitrogen and oxygen atoms in total. The number of nitrogens with one attached hydrogen (secondary N) is 1. The van der Waals surface area contributed by atoms with Crippen molar-refractivity contribution in [3.05, 3.63) is 208 Å². The van der Waals surface area contributed by atoms with Crippen LogP contribution < -0.4 is 16.0 Å². The first kappa shape index (κ1) is 31.1. The maximum atomic E-state index is 6.71. The number of hydrogen-bond acceptors (Lipinski definition) is 3. The minimum atomic E-state index is -0.369. The third kappa shape index (κ3) is 4.37. The molecule has 8 aromatic rings. The topological polar surface area (TPSA) is 43.5 Å². The molecule has 0 bridgehead atoms. The van der Waals surface area contributed by atoms with Crippen molar-refractivity contribution in [1.29, 1.82) is 0 Å². The van der Waals surface area contributed by atoms with Crippen molar-refractivity contribution in [2.24, 2.45) is 4.99 Å². The first-order valence-electron chi connectivity index (χ1n) is 20.0. The second kappa shape index (κ2) is 11.7. The quantitative estimate of drug-likeness (QED) is 0.196. The first-order valence-corrected chi connectivity index (χ1v) is 20.0. The molecule has 0 spiro atoms. The maximum absolute atomic E-state index is 6.71. The van der Waals surface area contributed by atoms with E-state index in [-0.39, 0.29) is 18.4 Å². The average molecular weight is 733 g/mol. The lowest BCUT2D eigenvalue weighted by molar-refractivity contribution is 0.222. The Labute approximate surface area is 328 Å². The lowest BCUT2D eigenvalue weighted by Gasteiger charge is -2.26. The van der Waals surface area contributed by atoms with Crippen molar-refractivity contribution in [3.8, 4) is 0 Å². The molecule has 0 radical (unpaired) electrons. The summed E-state index contributed by atoms with van der Waals surface area (Å²) < 4.78 is 11.6. The standard InChI is InChI=1S/C52H36N4O/c1-3-13-32(14-4-1)48-50-49(37-20-8-10-24-43(37)55(50)35-17-5-2-6-18-35)54-52(53-48)56-42-23-9-7-19-36(42)40-29-33(25-27-44(40)56)34-26-28-45-41(30-34)47-38-21-11-15-31-16-12-22-39(46(31)38)51(47)57-45/h1-17,19-27,29-30,35,45,52-53H,18,28H2. The van der Waals surface area contributed by atoms with Crippen molar-refractivity contribution in [1.82, 2.24) is 14.5 Å². The molecule has 270 valence electrons. The normalized spacial score (nSPS) is 20.4. The highest BCUT2D eigenvalue weighted by Gasteiger charge is 2.39. The zero-order valence-corrected chi connectivity index (χ0v) is 31.1. The van der Waals surface area contributed by atoms with Gasteiger partial charge in [0.15, 0.2) is 0 Å². The molecule has 1 N–H and O–H groups in total. The van der Waals surface area contributed by atoms with Crippen LogP contribution in [-0.2, 0) is 4.74 Å². The van der Waals surface area contributed by atoms with E-state index in [2.05, 4.69) is 184 Å². The Balaban J connectivity index is 0.976. The Kier molecular flexibility index (Phi) is 6.39. The van der Waals surface area contributed by atoms with E-state index in [1.807, 2.05) is 0 Å². The van der Waals surface area contributed by atoms with Crippen molar-refractivity contribution in [2.45, 2.75) is 31.3 Å². The van der Waals surface area contributed by atoms with E-state index in [0.717, 1.165) is 51.6 Å². The van der Waals surface area contributed by atoms with Gasteiger partial charge in [0.25, 0.3) is 0 Å². The highest BCUT2D eigenvalue weighted by Crippen LogP contribution is 2.53. The largest absolute Gasteiger partial charge is 0.484 e. The predicted octanol–water partition coefficient (Wildman–Crippen LogP) is 10.5. The zero-order valence-electron chi connectivity index (χ0n) is 31.1. The summed E-state index contributed by atoms with van der Waals surface area (Å²) >= 11 is 0. The van der Waals surface area contributed by atoms with Crippen LogP contribution in [0.5, 0.6) is 0 Å². The molecule has 3 atom stereocenters. The van der Waals surface area contributed by atoms with E-state index >= 15 is 0 Å². The van der Waals surface area contributed by atoms with Crippen LogP contribution in [0.25, 0.3) is 66.1 Å². The zero-order chi connectivity index (χ0) is 37.2. The molecule has 0 saturated heterocycles. The van der Waals surface area contributed by atoms with Crippen molar-refractivity contribution in [3.63, 3.8) is 0 Å². The Morgan fingerprint density at radius 1 is 0.649 bits per heavy atom. The fraction of sp³-hybridized carbons (Fsp3) is 0.0962. The van der Waals surface area contributed by atoms with E-state index in [4.69, 9.17) is 9.73 Å². The van der Waals surface area contributed by atoms with Gasteiger partial charge in [-0.05, 0) is 64.4 Å². The molecular weight excluding hydrogens is 697 g/mol. The summed E-state index contributed by atoms with van der Waals surface area (Å²) in [6, 6.07) is 48.7. The fourth-order valence-electron chi connectivity index (χ4n) is 10.2. The first-order chi connectivity index (χ1) is 28.3. The van der Waals surface area contributed by atoms with Gasteiger partial charge in [0.1, 0.15) is 11.9 Å². The molecule has 5 heteroatoms. The molecule has 3 aliphatic carbocycles. The van der Waals surface area contributed by atoms with Gasteiger partial charge < -0.3 is 19.2 Å². The fourth-order valence-corrected chi connectivity index (χ4v) is 10.2. The summed E-state index contributed by atoms with van der Waals surface area (Å²) in [6.45, 7) is 0. The highest BCUT2D eigenvalue weighted by atomic mass is 16.5. The van der Waals surface area contributed by atoms with Gasteiger partial charge in [-0.1, -0.05) is 140 Å². The summed E-state index contributed by atoms with van der Waals surface area (Å²) in [4.78, 5) is 5.65. The van der Waals surface area contributed by atoms with Gasteiger partial charge in [0, 0.05) is 44.7 Å². The Morgan fingerprint density at radius 2 is 1.42 bits per heavy atom. The number of para-hydroxylation sites is 2. The number of ether oxygens (including phenoxy) is 1. The van der Waals surface area contributed by atoms with Gasteiger partial charge in [-0.25, -0.2) is 4.99 Å². The van der Waals surface area contributed by atoms with Gasteiger partial charge in [-0.2, -0.15) is 0 Å². The SMILES string of the molecule is C1=CCC(n2c3c(c4ccccc42)=NC(n2c4ccccc4c4cc(C5=CCC6OC7=C(C6=C5)c5cccc6cccc7c56)ccc42)NC=3c2ccccc2)C=C1. The van der Waals surface area contributed by atoms with Crippen LogP contribution in [0.2, 0.25) is 0 Å². The summed E-state index contributed by atoms with van der Waals surface area (Å²) in [5, 5.41) is 12.4. The molecule has 0 fully saturated rings. The molecule has 3 unspecified atom stereocenters. The molecule has 2 aliphatic heterocycles. The molecule has 4 heterocycles. The monoisotopic (exact) mass is 732 g/mol. The lowest BCUT2D eigenvalue weighted by atomic mass is 9.87. The molecular formula is C52H36N4O. The van der Waals surface area contributed by atoms with E-state index < -0.39 is 0 Å². The number of benzene rings is 6. The molecule has 5 aliphatic rings. The van der Waals surface area contributed by atoms with Gasteiger partial charge in [0.05, 0.1) is 39.0 Å². The third-order valence-electron chi connectivity index (χ3n) is 12.7. The van der Waals surface area contributed by atoms with Gasteiger partial charge in [-0.3, -0.25) is 0 Å². The Hall–Kier alpha value is -7.11. The van der Waals surface area contributed by atoms with Gasteiger partial charge >= 0.3 is 0 Å². The number of allylic oxidation sites excluding steroid dienone is 6. The molecule has 2 aromatic heterocycles. The number of hydrogen-bond donors (Lipinski definition) is 1. The van der Waals surface area contributed by atoms with Crippen molar-refractivity contribution < 1.29 is 4.74 Å². The number of fused-ring (bicyclic) bond motifs is 10.